The van der Waals surface area contributed by atoms with Crippen molar-refractivity contribution < 1.29 is 0 Å². The van der Waals surface area contributed by atoms with Crippen LogP contribution in [0.2, 0.25) is 0 Å². The molecule has 2 rings (SSSR count). The molecule has 0 amide bonds. The van der Waals surface area contributed by atoms with Crippen molar-refractivity contribution in [1.82, 2.24) is 9.88 Å². The van der Waals surface area contributed by atoms with Gasteiger partial charge in [-0.25, -0.2) is 4.98 Å². The molecule has 1 heterocycles. The van der Waals surface area contributed by atoms with Gasteiger partial charge in [0.2, 0.25) is 0 Å². The van der Waals surface area contributed by atoms with Crippen LogP contribution in [-0.2, 0) is 13.0 Å². The molecule has 1 aromatic carbocycles. The predicted octanol–water partition coefficient (Wildman–Crippen LogP) is 2.86. The minimum atomic E-state index is 0.926. The molecule has 18 heavy (non-hydrogen) atoms. The number of benzene rings is 1. The van der Waals surface area contributed by atoms with Crippen LogP contribution in [0.4, 0.5) is 5.69 Å². The Balaban J connectivity index is 1.78. The fourth-order valence-electron chi connectivity index (χ4n) is 1.70. The van der Waals surface area contributed by atoms with E-state index in [0.717, 1.165) is 19.5 Å². The molecule has 4 heteroatoms. The maximum Gasteiger partial charge on any atom is 0.107 e. The zero-order valence-corrected chi connectivity index (χ0v) is 11.7. The second-order valence-electron chi connectivity index (χ2n) is 4.51. The van der Waals surface area contributed by atoms with Crippen molar-refractivity contribution in [2.24, 2.45) is 0 Å². The molecule has 0 saturated heterocycles. The number of rotatable bonds is 6. The number of aromatic nitrogens is 1. The highest BCUT2D eigenvalue weighted by Crippen LogP contribution is 2.12. The molecule has 96 valence electrons. The summed E-state index contributed by atoms with van der Waals surface area (Å²) < 4.78 is 0. The minimum Gasteiger partial charge on any atom is -0.385 e. The molecular weight excluding hydrogens is 242 g/mol. The van der Waals surface area contributed by atoms with Gasteiger partial charge < -0.3 is 10.2 Å². The van der Waals surface area contributed by atoms with Gasteiger partial charge in [-0.1, -0.05) is 18.2 Å². The number of anilines is 1. The van der Waals surface area contributed by atoms with Crippen molar-refractivity contribution >= 4 is 17.0 Å². The van der Waals surface area contributed by atoms with E-state index in [9.17, 15) is 0 Å². The smallest absolute Gasteiger partial charge is 0.107 e. The third-order valence-corrected chi connectivity index (χ3v) is 3.42. The third-order valence-electron chi connectivity index (χ3n) is 2.53. The zero-order valence-electron chi connectivity index (χ0n) is 10.9. The molecular formula is C14H19N3S. The highest BCUT2D eigenvalue weighted by molar-refractivity contribution is 7.09. The Hall–Kier alpha value is -1.39. The van der Waals surface area contributed by atoms with E-state index in [0.29, 0.717) is 0 Å². The number of nitrogens with one attached hydrogen (secondary N) is 1. The van der Waals surface area contributed by atoms with E-state index in [1.165, 1.54) is 16.4 Å². The van der Waals surface area contributed by atoms with E-state index >= 15 is 0 Å². The standard InChI is InChI=1S/C14H19N3S/c1-17(2)10-14-16-13(11-18-14)8-9-15-12-6-4-3-5-7-12/h3-7,11,15H,8-10H2,1-2H3. The van der Waals surface area contributed by atoms with Crippen molar-refractivity contribution in [1.29, 1.82) is 0 Å². The van der Waals surface area contributed by atoms with Crippen molar-refractivity contribution in [3.63, 3.8) is 0 Å². The van der Waals surface area contributed by atoms with Crippen LogP contribution >= 0.6 is 11.3 Å². The van der Waals surface area contributed by atoms with E-state index in [2.05, 4.69) is 46.8 Å². The molecule has 0 spiro atoms. The van der Waals surface area contributed by atoms with Gasteiger partial charge in [0.1, 0.15) is 5.01 Å². The average Bonchev–Trinajstić information content (AvgIpc) is 2.77. The van der Waals surface area contributed by atoms with Gasteiger partial charge in [0.15, 0.2) is 0 Å². The van der Waals surface area contributed by atoms with Crippen LogP contribution in [0.3, 0.4) is 0 Å². The monoisotopic (exact) mass is 261 g/mol. The Kier molecular flexibility index (Phi) is 4.73. The van der Waals surface area contributed by atoms with E-state index in [-0.39, 0.29) is 0 Å². The summed E-state index contributed by atoms with van der Waals surface area (Å²) >= 11 is 1.74. The highest BCUT2D eigenvalue weighted by atomic mass is 32.1. The second kappa shape index (κ2) is 6.52. The molecule has 0 unspecified atom stereocenters. The molecule has 0 bridgehead atoms. The lowest BCUT2D eigenvalue weighted by molar-refractivity contribution is 0.401. The fraction of sp³-hybridized carbons (Fsp3) is 0.357. The molecule has 0 fully saturated rings. The number of para-hydroxylation sites is 1. The second-order valence-corrected chi connectivity index (χ2v) is 5.46. The minimum absolute atomic E-state index is 0.926. The largest absolute Gasteiger partial charge is 0.385 e. The molecule has 2 aromatic rings. The topological polar surface area (TPSA) is 28.2 Å². The van der Waals surface area contributed by atoms with Gasteiger partial charge in [0, 0.05) is 30.6 Å². The fourth-order valence-corrected chi connectivity index (χ4v) is 2.64. The van der Waals surface area contributed by atoms with Crippen LogP contribution in [0.5, 0.6) is 0 Å². The van der Waals surface area contributed by atoms with Gasteiger partial charge in [-0.05, 0) is 26.2 Å². The Labute approximate surface area is 112 Å². The maximum atomic E-state index is 4.62. The van der Waals surface area contributed by atoms with E-state index in [1.54, 1.807) is 11.3 Å². The van der Waals surface area contributed by atoms with Gasteiger partial charge in [0.25, 0.3) is 0 Å². The number of hydrogen-bond donors (Lipinski definition) is 1. The van der Waals surface area contributed by atoms with Crippen LogP contribution in [0.15, 0.2) is 35.7 Å². The summed E-state index contributed by atoms with van der Waals surface area (Å²) in [5, 5.41) is 6.75. The van der Waals surface area contributed by atoms with Crippen LogP contribution in [0.1, 0.15) is 10.7 Å². The van der Waals surface area contributed by atoms with E-state index in [4.69, 9.17) is 0 Å². The van der Waals surface area contributed by atoms with Gasteiger partial charge >= 0.3 is 0 Å². The van der Waals surface area contributed by atoms with Gasteiger partial charge in [-0.3, -0.25) is 0 Å². The first-order chi connectivity index (χ1) is 8.74. The first-order valence-electron chi connectivity index (χ1n) is 6.11. The first-order valence-corrected chi connectivity index (χ1v) is 6.99. The molecule has 0 atom stereocenters. The van der Waals surface area contributed by atoms with Crippen molar-refractivity contribution in [3.8, 4) is 0 Å². The summed E-state index contributed by atoms with van der Waals surface area (Å²) in [4.78, 5) is 6.76. The average molecular weight is 261 g/mol. The van der Waals surface area contributed by atoms with Gasteiger partial charge in [0.05, 0.1) is 5.69 Å². The maximum absolute atomic E-state index is 4.62. The lowest BCUT2D eigenvalue weighted by Gasteiger charge is -2.05. The number of nitrogens with zero attached hydrogens (tertiary/aromatic N) is 2. The summed E-state index contributed by atoms with van der Waals surface area (Å²) in [5.74, 6) is 0. The van der Waals surface area contributed by atoms with E-state index < -0.39 is 0 Å². The Morgan fingerprint density at radius 3 is 2.72 bits per heavy atom. The predicted molar refractivity (Wildman–Crippen MR) is 78.1 cm³/mol. The van der Waals surface area contributed by atoms with Crippen LogP contribution in [-0.4, -0.2) is 30.5 Å². The normalized spacial score (nSPS) is 10.8. The summed E-state index contributed by atoms with van der Waals surface area (Å²) in [6.45, 7) is 1.85. The molecule has 3 nitrogen and oxygen atoms in total. The molecule has 0 aliphatic carbocycles. The zero-order chi connectivity index (χ0) is 12.8. The Morgan fingerprint density at radius 2 is 2.00 bits per heavy atom. The quantitative estimate of drug-likeness (QED) is 0.866. The first kappa shape index (κ1) is 13.1. The van der Waals surface area contributed by atoms with Crippen LogP contribution in [0, 0.1) is 0 Å². The lowest BCUT2D eigenvalue weighted by Crippen LogP contribution is -2.10. The summed E-state index contributed by atoms with van der Waals surface area (Å²) in [7, 11) is 4.13. The SMILES string of the molecule is CN(C)Cc1nc(CCNc2ccccc2)cs1. The van der Waals surface area contributed by atoms with Crippen molar-refractivity contribution in [3.05, 3.63) is 46.4 Å². The molecule has 0 aliphatic rings. The van der Waals surface area contributed by atoms with Gasteiger partial charge in [-0.15, -0.1) is 11.3 Å². The number of hydrogen-bond acceptors (Lipinski definition) is 4. The van der Waals surface area contributed by atoms with Crippen molar-refractivity contribution in [2.45, 2.75) is 13.0 Å². The molecule has 1 aromatic heterocycles. The van der Waals surface area contributed by atoms with Gasteiger partial charge in [-0.2, -0.15) is 0 Å². The number of thiazole rings is 1. The summed E-state index contributed by atoms with van der Waals surface area (Å²) in [6.07, 6.45) is 0.971. The molecule has 0 radical (unpaired) electrons. The van der Waals surface area contributed by atoms with Crippen molar-refractivity contribution in [2.75, 3.05) is 26.0 Å². The summed E-state index contributed by atoms with van der Waals surface area (Å²) in [6, 6.07) is 10.3. The summed E-state index contributed by atoms with van der Waals surface area (Å²) in [5.41, 5.74) is 2.35. The highest BCUT2D eigenvalue weighted by Gasteiger charge is 2.02. The van der Waals surface area contributed by atoms with E-state index in [1.807, 2.05) is 18.2 Å². The Morgan fingerprint density at radius 1 is 1.22 bits per heavy atom. The van der Waals surface area contributed by atoms with Crippen LogP contribution < -0.4 is 5.32 Å². The third kappa shape index (κ3) is 4.13. The Bertz CT molecular complexity index is 465. The molecule has 1 N–H and O–H groups in total. The van der Waals surface area contributed by atoms with Crippen LogP contribution in [0.25, 0.3) is 0 Å². The molecule has 0 aliphatic heterocycles. The molecule has 0 saturated carbocycles. The lowest BCUT2D eigenvalue weighted by atomic mass is 10.3.